The van der Waals surface area contributed by atoms with Crippen molar-refractivity contribution in [3.8, 4) is 0 Å². The monoisotopic (exact) mass is 296 g/mol. The predicted octanol–water partition coefficient (Wildman–Crippen LogP) is 3.43. The molecule has 0 aromatic carbocycles. The Morgan fingerprint density at radius 2 is 2.00 bits per heavy atom. The number of thiazole rings is 1. The van der Waals surface area contributed by atoms with E-state index in [4.69, 9.17) is 5.11 Å². The maximum Gasteiger partial charge on any atom is 0.356 e. The molecule has 20 heavy (non-hydrogen) atoms. The maximum atomic E-state index is 11.4. The standard InChI is InChI=1S/C14H20N2O3S/c1-9(17)11-10(12(18)19)16-13(20-11)15-8-14(2)6-4-3-5-7-14/h3-8H2,1-2H3,(H,15,16)(H,18,19). The summed E-state index contributed by atoms with van der Waals surface area (Å²) in [6, 6.07) is 0. The Hall–Kier alpha value is -1.43. The van der Waals surface area contributed by atoms with Crippen molar-refractivity contribution >= 4 is 28.2 Å². The highest BCUT2D eigenvalue weighted by Gasteiger charge is 2.27. The Labute approximate surface area is 122 Å². The van der Waals surface area contributed by atoms with Gasteiger partial charge in [0.25, 0.3) is 0 Å². The molecular weight excluding hydrogens is 276 g/mol. The zero-order valence-corrected chi connectivity index (χ0v) is 12.7. The smallest absolute Gasteiger partial charge is 0.356 e. The Kier molecular flexibility index (Phi) is 4.42. The number of aromatic nitrogens is 1. The van der Waals surface area contributed by atoms with Crippen molar-refractivity contribution in [3.63, 3.8) is 0 Å². The average molecular weight is 296 g/mol. The number of rotatable bonds is 5. The van der Waals surface area contributed by atoms with Crippen molar-refractivity contribution in [1.82, 2.24) is 4.98 Å². The number of carboxylic acid groups (broad SMARTS) is 1. The van der Waals surface area contributed by atoms with Crippen LogP contribution in [0.5, 0.6) is 0 Å². The summed E-state index contributed by atoms with van der Waals surface area (Å²) in [5, 5.41) is 12.8. The number of anilines is 1. The van der Waals surface area contributed by atoms with Crippen LogP contribution in [0, 0.1) is 5.41 Å². The van der Waals surface area contributed by atoms with Crippen LogP contribution in [0.3, 0.4) is 0 Å². The molecule has 1 aliphatic rings. The number of ketones is 1. The van der Waals surface area contributed by atoms with Gasteiger partial charge in [-0.3, -0.25) is 4.79 Å². The number of carbonyl (C=O) groups excluding carboxylic acids is 1. The highest BCUT2D eigenvalue weighted by molar-refractivity contribution is 7.17. The van der Waals surface area contributed by atoms with Crippen molar-refractivity contribution in [2.75, 3.05) is 11.9 Å². The first-order chi connectivity index (χ1) is 9.41. The molecule has 0 atom stereocenters. The summed E-state index contributed by atoms with van der Waals surface area (Å²) < 4.78 is 0. The number of carbonyl (C=O) groups is 2. The Morgan fingerprint density at radius 3 is 2.50 bits per heavy atom. The topological polar surface area (TPSA) is 79.3 Å². The fraction of sp³-hybridized carbons (Fsp3) is 0.643. The van der Waals surface area contributed by atoms with E-state index in [9.17, 15) is 9.59 Å². The lowest BCUT2D eigenvalue weighted by atomic mass is 9.76. The number of carboxylic acids is 1. The molecule has 1 heterocycles. The van der Waals surface area contributed by atoms with Crippen LogP contribution < -0.4 is 5.32 Å². The molecule has 5 nitrogen and oxygen atoms in total. The van der Waals surface area contributed by atoms with Crippen molar-refractivity contribution in [2.24, 2.45) is 5.41 Å². The first-order valence-corrected chi connectivity index (χ1v) is 7.72. The molecule has 0 radical (unpaired) electrons. The van der Waals surface area contributed by atoms with Crippen LogP contribution in [0.4, 0.5) is 5.13 Å². The Balaban J connectivity index is 2.08. The molecule has 6 heteroatoms. The molecule has 0 amide bonds. The summed E-state index contributed by atoms with van der Waals surface area (Å²) in [5.41, 5.74) is 0.0998. The van der Waals surface area contributed by atoms with Crippen LogP contribution in [0.25, 0.3) is 0 Å². The molecule has 2 N–H and O–H groups in total. The van der Waals surface area contributed by atoms with E-state index in [1.165, 1.54) is 39.0 Å². The minimum absolute atomic E-state index is 0.140. The zero-order valence-electron chi connectivity index (χ0n) is 11.9. The molecule has 0 spiro atoms. The average Bonchev–Trinajstić information content (AvgIpc) is 2.82. The third-order valence-electron chi connectivity index (χ3n) is 3.88. The summed E-state index contributed by atoms with van der Waals surface area (Å²) in [4.78, 5) is 26.8. The van der Waals surface area contributed by atoms with Crippen LogP contribution >= 0.6 is 11.3 Å². The minimum Gasteiger partial charge on any atom is -0.476 e. The van der Waals surface area contributed by atoms with Crippen LogP contribution in [-0.2, 0) is 0 Å². The number of nitrogens with zero attached hydrogens (tertiary/aromatic N) is 1. The van der Waals surface area contributed by atoms with Crippen molar-refractivity contribution in [1.29, 1.82) is 0 Å². The predicted molar refractivity (Wildman–Crippen MR) is 78.8 cm³/mol. The molecule has 1 aliphatic carbocycles. The second-order valence-electron chi connectivity index (χ2n) is 5.78. The summed E-state index contributed by atoms with van der Waals surface area (Å²) in [5.74, 6) is -1.40. The van der Waals surface area contributed by atoms with Crippen LogP contribution in [0.15, 0.2) is 0 Å². The van der Waals surface area contributed by atoms with E-state index in [1.54, 1.807) is 0 Å². The van der Waals surface area contributed by atoms with Crippen molar-refractivity contribution in [2.45, 2.75) is 46.0 Å². The summed E-state index contributed by atoms with van der Waals surface area (Å²) in [6.45, 7) is 4.39. The molecule has 1 aromatic rings. The number of hydrogen-bond acceptors (Lipinski definition) is 5. The highest BCUT2D eigenvalue weighted by atomic mass is 32.1. The van der Waals surface area contributed by atoms with Gasteiger partial charge in [-0.15, -0.1) is 0 Å². The zero-order chi connectivity index (χ0) is 14.8. The number of nitrogens with one attached hydrogen (secondary N) is 1. The molecule has 0 aliphatic heterocycles. The number of Topliss-reactive ketones (excluding diaryl/α,β-unsaturated/α-hetero) is 1. The summed E-state index contributed by atoms with van der Waals surface area (Å²) in [6.07, 6.45) is 6.14. The van der Waals surface area contributed by atoms with E-state index in [0.717, 1.165) is 17.9 Å². The maximum absolute atomic E-state index is 11.4. The SMILES string of the molecule is CC(=O)c1sc(NCC2(C)CCCCC2)nc1C(=O)O. The van der Waals surface area contributed by atoms with Crippen LogP contribution in [-0.4, -0.2) is 28.4 Å². The molecule has 0 saturated heterocycles. The minimum atomic E-state index is -1.15. The van der Waals surface area contributed by atoms with Gasteiger partial charge < -0.3 is 10.4 Å². The second kappa shape index (κ2) is 5.91. The van der Waals surface area contributed by atoms with Gasteiger partial charge in [0, 0.05) is 13.5 Å². The van der Waals surface area contributed by atoms with Gasteiger partial charge in [0.05, 0.1) is 0 Å². The molecule has 0 bridgehead atoms. The highest BCUT2D eigenvalue weighted by Crippen LogP contribution is 2.36. The van der Waals surface area contributed by atoms with Gasteiger partial charge in [-0.2, -0.15) is 0 Å². The largest absolute Gasteiger partial charge is 0.476 e. The van der Waals surface area contributed by atoms with E-state index < -0.39 is 5.97 Å². The van der Waals surface area contributed by atoms with Gasteiger partial charge in [0.15, 0.2) is 16.6 Å². The summed E-state index contributed by atoms with van der Waals surface area (Å²) >= 11 is 1.13. The lowest BCUT2D eigenvalue weighted by molar-refractivity contribution is 0.0687. The Bertz CT molecular complexity index is 487. The first-order valence-electron chi connectivity index (χ1n) is 6.90. The molecule has 1 aromatic heterocycles. The first kappa shape index (κ1) is 15.0. The second-order valence-corrected chi connectivity index (χ2v) is 6.78. The number of hydrogen-bond donors (Lipinski definition) is 2. The van der Waals surface area contributed by atoms with Crippen LogP contribution in [0.1, 0.15) is 66.1 Å². The van der Waals surface area contributed by atoms with Crippen LogP contribution in [0.2, 0.25) is 0 Å². The lowest BCUT2D eigenvalue weighted by Crippen LogP contribution is -2.28. The third kappa shape index (κ3) is 3.36. The van der Waals surface area contributed by atoms with Gasteiger partial charge in [0.2, 0.25) is 0 Å². The van der Waals surface area contributed by atoms with E-state index in [-0.39, 0.29) is 21.8 Å². The van der Waals surface area contributed by atoms with Gasteiger partial charge in [-0.25, -0.2) is 9.78 Å². The quantitative estimate of drug-likeness (QED) is 0.814. The van der Waals surface area contributed by atoms with Crippen molar-refractivity contribution < 1.29 is 14.7 Å². The number of aromatic carboxylic acids is 1. The molecule has 0 unspecified atom stereocenters. The van der Waals surface area contributed by atoms with Gasteiger partial charge in [0.1, 0.15) is 4.88 Å². The molecule has 110 valence electrons. The third-order valence-corrected chi connectivity index (χ3v) is 4.99. The fourth-order valence-electron chi connectivity index (χ4n) is 2.65. The normalized spacial score (nSPS) is 17.7. The van der Waals surface area contributed by atoms with Gasteiger partial charge >= 0.3 is 5.97 Å². The van der Waals surface area contributed by atoms with E-state index >= 15 is 0 Å². The van der Waals surface area contributed by atoms with E-state index in [0.29, 0.717) is 5.13 Å². The van der Waals surface area contributed by atoms with Gasteiger partial charge in [-0.05, 0) is 18.3 Å². The molecule has 1 fully saturated rings. The lowest BCUT2D eigenvalue weighted by Gasteiger charge is -2.33. The molecule has 1 saturated carbocycles. The van der Waals surface area contributed by atoms with E-state index in [2.05, 4.69) is 17.2 Å². The molecule has 2 rings (SSSR count). The fourth-order valence-corrected chi connectivity index (χ4v) is 3.50. The molecular formula is C14H20N2O3S. The Morgan fingerprint density at radius 1 is 1.35 bits per heavy atom. The summed E-state index contributed by atoms with van der Waals surface area (Å²) in [7, 11) is 0. The van der Waals surface area contributed by atoms with E-state index in [1.807, 2.05) is 0 Å². The van der Waals surface area contributed by atoms with Crippen molar-refractivity contribution in [3.05, 3.63) is 10.6 Å². The van der Waals surface area contributed by atoms with Gasteiger partial charge in [-0.1, -0.05) is 37.5 Å².